The highest BCUT2D eigenvalue weighted by atomic mass is 127. The van der Waals surface area contributed by atoms with E-state index >= 15 is 0 Å². The number of nitrogens with one attached hydrogen (secondary N) is 2. The molecule has 0 amide bonds. The molecule has 0 saturated heterocycles. The van der Waals surface area contributed by atoms with E-state index in [1.807, 2.05) is 30.3 Å². The van der Waals surface area contributed by atoms with Crippen molar-refractivity contribution < 1.29 is 14.2 Å². The topological polar surface area (TPSA) is 64.1 Å². The number of aryl methyl sites for hydroxylation is 1. The maximum atomic E-state index is 5.48. The first-order valence-electron chi connectivity index (χ1n) is 8.84. The first-order chi connectivity index (χ1) is 13.0. The Morgan fingerprint density at radius 1 is 1.00 bits per heavy atom. The average Bonchev–Trinajstić information content (AvgIpc) is 2.69. The van der Waals surface area contributed by atoms with Crippen molar-refractivity contribution in [2.45, 2.75) is 26.4 Å². The Morgan fingerprint density at radius 3 is 2.32 bits per heavy atom. The number of halogens is 1. The number of ether oxygens (including phenoxy) is 3. The van der Waals surface area contributed by atoms with E-state index in [0.29, 0.717) is 12.5 Å². The average molecular weight is 499 g/mol. The Balaban J connectivity index is 0.00000392. The zero-order valence-electron chi connectivity index (χ0n) is 17.3. The summed E-state index contributed by atoms with van der Waals surface area (Å²) in [6.45, 7) is 4.75. The predicted octanol–water partition coefficient (Wildman–Crippen LogP) is 4.07. The van der Waals surface area contributed by atoms with Crippen molar-refractivity contribution >= 4 is 29.9 Å². The van der Waals surface area contributed by atoms with Gasteiger partial charge in [0.1, 0.15) is 17.2 Å². The van der Waals surface area contributed by atoms with Gasteiger partial charge in [0.15, 0.2) is 5.96 Å². The smallest absolute Gasteiger partial charge is 0.191 e. The van der Waals surface area contributed by atoms with E-state index in [-0.39, 0.29) is 30.0 Å². The van der Waals surface area contributed by atoms with E-state index in [2.05, 4.69) is 35.5 Å². The van der Waals surface area contributed by atoms with Gasteiger partial charge >= 0.3 is 0 Å². The van der Waals surface area contributed by atoms with Gasteiger partial charge in [-0.3, -0.25) is 4.99 Å². The van der Waals surface area contributed by atoms with Crippen molar-refractivity contribution in [3.8, 4) is 17.2 Å². The number of benzene rings is 2. The van der Waals surface area contributed by atoms with Crippen LogP contribution in [0.25, 0.3) is 0 Å². The fourth-order valence-corrected chi connectivity index (χ4v) is 2.89. The molecule has 2 N–H and O–H groups in total. The van der Waals surface area contributed by atoms with Gasteiger partial charge in [-0.1, -0.05) is 6.07 Å². The summed E-state index contributed by atoms with van der Waals surface area (Å²) in [4.78, 5) is 4.32. The minimum Gasteiger partial charge on any atom is -0.497 e. The van der Waals surface area contributed by atoms with Crippen molar-refractivity contribution in [1.29, 1.82) is 0 Å². The number of methoxy groups -OCH3 is 3. The van der Waals surface area contributed by atoms with Crippen LogP contribution in [0, 0.1) is 6.92 Å². The molecular formula is C21H30IN3O3. The molecule has 0 aromatic heterocycles. The molecule has 0 aliphatic rings. The maximum Gasteiger partial charge on any atom is 0.191 e. The molecule has 6 nitrogen and oxygen atoms in total. The van der Waals surface area contributed by atoms with E-state index in [4.69, 9.17) is 14.2 Å². The molecule has 28 heavy (non-hydrogen) atoms. The van der Waals surface area contributed by atoms with Crippen molar-refractivity contribution in [2.24, 2.45) is 4.99 Å². The minimum atomic E-state index is -0.0201. The van der Waals surface area contributed by atoms with E-state index in [9.17, 15) is 0 Å². The summed E-state index contributed by atoms with van der Waals surface area (Å²) in [7, 11) is 6.74. The molecule has 2 aromatic rings. The first kappa shape index (κ1) is 23.9. The molecule has 0 heterocycles. The second-order valence-electron chi connectivity index (χ2n) is 6.26. The summed E-state index contributed by atoms with van der Waals surface area (Å²) in [5.41, 5.74) is 3.28. The van der Waals surface area contributed by atoms with Crippen LogP contribution in [0.3, 0.4) is 0 Å². The van der Waals surface area contributed by atoms with Gasteiger partial charge in [0.05, 0.1) is 27.4 Å². The van der Waals surface area contributed by atoms with Crippen molar-refractivity contribution in [3.63, 3.8) is 0 Å². The summed E-state index contributed by atoms with van der Waals surface area (Å²) in [5.74, 6) is 3.14. The van der Waals surface area contributed by atoms with E-state index < -0.39 is 0 Å². The lowest BCUT2D eigenvalue weighted by Crippen LogP contribution is -2.38. The molecule has 0 spiro atoms. The monoisotopic (exact) mass is 499 g/mol. The van der Waals surface area contributed by atoms with Gasteiger partial charge in [-0.05, 0) is 55.3 Å². The summed E-state index contributed by atoms with van der Waals surface area (Å²) < 4.78 is 16.2. The molecule has 0 fully saturated rings. The van der Waals surface area contributed by atoms with Crippen LogP contribution in [0.5, 0.6) is 17.2 Å². The van der Waals surface area contributed by atoms with Crippen LogP contribution in [0.15, 0.2) is 41.4 Å². The van der Waals surface area contributed by atoms with Gasteiger partial charge in [-0.25, -0.2) is 0 Å². The predicted molar refractivity (Wildman–Crippen MR) is 124 cm³/mol. The quantitative estimate of drug-likeness (QED) is 0.342. The largest absolute Gasteiger partial charge is 0.497 e. The fourth-order valence-electron chi connectivity index (χ4n) is 2.89. The third-order valence-corrected chi connectivity index (χ3v) is 4.29. The van der Waals surface area contributed by atoms with Gasteiger partial charge in [-0.15, -0.1) is 24.0 Å². The highest BCUT2D eigenvalue weighted by molar-refractivity contribution is 14.0. The van der Waals surface area contributed by atoms with E-state index in [1.54, 1.807) is 28.4 Å². The number of hydrogen-bond acceptors (Lipinski definition) is 4. The van der Waals surface area contributed by atoms with Crippen molar-refractivity contribution in [3.05, 3.63) is 53.1 Å². The highest BCUT2D eigenvalue weighted by Crippen LogP contribution is 2.29. The molecule has 154 valence electrons. The molecule has 1 atom stereocenters. The maximum absolute atomic E-state index is 5.48. The van der Waals surface area contributed by atoms with E-state index in [0.717, 1.165) is 33.9 Å². The van der Waals surface area contributed by atoms with Crippen LogP contribution in [-0.2, 0) is 6.54 Å². The number of hydrogen-bond donors (Lipinski definition) is 2. The molecule has 0 radical (unpaired) electrons. The zero-order chi connectivity index (χ0) is 19.8. The molecule has 0 aliphatic carbocycles. The second-order valence-corrected chi connectivity index (χ2v) is 6.26. The summed E-state index contributed by atoms with van der Waals surface area (Å²) in [6.07, 6.45) is 0. The Hall–Kier alpha value is -2.16. The van der Waals surface area contributed by atoms with Gasteiger partial charge < -0.3 is 24.8 Å². The molecule has 2 rings (SSSR count). The van der Waals surface area contributed by atoms with Gasteiger partial charge in [0.2, 0.25) is 0 Å². The SMILES string of the molecule is CN=C(NCc1cc(C)cc(OC)c1)NC(C)c1cc(OC)ccc1OC.I. The van der Waals surface area contributed by atoms with Crippen LogP contribution in [0.4, 0.5) is 0 Å². The minimum absolute atomic E-state index is 0. The molecule has 7 heteroatoms. The highest BCUT2D eigenvalue weighted by Gasteiger charge is 2.14. The zero-order valence-corrected chi connectivity index (χ0v) is 19.7. The van der Waals surface area contributed by atoms with Crippen molar-refractivity contribution in [1.82, 2.24) is 10.6 Å². The number of nitrogens with zero attached hydrogens (tertiary/aromatic N) is 1. The number of rotatable bonds is 7. The van der Waals surface area contributed by atoms with Crippen LogP contribution in [0.1, 0.15) is 29.7 Å². The summed E-state index contributed by atoms with van der Waals surface area (Å²) in [6, 6.07) is 11.9. The molecular weight excluding hydrogens is 469 g/mol. The molecule has 0 aliphatic heterocycles. The summed E-state index contributed by atoms with van der Waals surface area (Å²) >= 11 is 0. The summed E-state index contributed by atoms with van der Waals surface area (Å²) in [5, 5.41) is 6.74. The van der Waals surface area contributed by atoms with Crippen LogP contribution in [-0.4, -0.2) is 34.3 Å². The normalized spacial score (nSPS) is 11.9. The van der Waals surface area contributed by atoms with Crippen LogP contribution >= 0.6 is 24.0 Å². The Kier molecular flexibility index (Phi) is 9.92. The van der Waals surface area contributed by atoms with Gasteiger partial charge in [0, 0.05) is 19.2 Å². The standard InChI is InChI=1S/C21H29N3O3.HI/c1-14-9-16(11-18(10-14)26-5)13-23-21(22-3)24-15(2)19-12-17(25-4)7-8-20(19)27-6;/h7-12,15H,13H2,1-6H3,(H2,22,23,24);1H. The van der Waals surface area contributed by atoms with Crippen LogP contribution in [0.2, 0.25) is 0 Å². The van der Waals surface area contributed by atoms with Gasteiger partial charge in [-0.2, -0.15) is 0 Å². The third kappa shape index (κ3) is 6.47. The second kappa shape index (κ2) is 11.6. The first-order valence-corrected chi connectivity index (χ1v) is 8.84. The Labute approximate surface area is 184 Å². The lowest BCUT2D eigenvalue weighted by atomic mass is 10.1. The molecule has 2 aromatic carbocycles. The lowest BCUT2D eigenvalue weighted by Gasteiger charge is -2.21. The Bertz CT molecular complexity index is 796. The lowest BCUT2D eigenvalue weighted by molar-refractivity contribution is 0.394. The van der Waals surface area contributed by atoms with Crippen LogP contribution < -0.4 is 24.8 Å². The van der Waals surface area contributed by atoms with Gasteiger partial charge in [0.25, 0.3) is 0 Å². The molecule has 0 bridgehead atoms. The molecule has 0 saturated carbocycles. The van der Waals surface area contributed by atoms with E-state index in [1.165, 1.54) is 0 Å². The number of guanidine groups is 1. The molecule has 1 unspecified atom stereocenters. The Morgan fingerprint density at radius 2 is 1.71 bits per heavy atom. The number of aliphatic imine (C=N–C) groups is 1. The fraction of sp³-hybridized carbons (Fsp3) is 0.381. The third-order valence-electron chi connectivity index (χ3n) is 4.29. The van der Waals surface area contributed by atoms with Crippen molar-refractivity contribution in [2.75, 3.05) is 28.4 Å².